The van der Waals surface area contributed by atoms with Gasteiger partial charge in [0.25, 0.3) is 5.91 Å². The second-order valence-electron chi connectivity index (χ2n) is 5.93. The molecule has 0 unspecified atom stereocenters. The van der Waals surface area contributed by atoms with Crippen LogP contribution in [0, 0.1) is 0 Å². The van der Waals surface area contributed by atoms with Crippen LogP contribution in [0.15, 0.2) is 42.5 Å². The zero-order chi connectivity index (χ0) is 20.1. The normalized spacial score (nSPS) is 13.8. The summed E-state index contributed by atoms with van der Waals surface area (Å²) >= 11 is 3.80. The highest BCUT2D eigenvalue weighted by Gasteiger charge is 2.19. The topological polar surface area (TPSA) is 81.7 Å². The lowest BCUT2D eigenvalue weighted by Crippen LogP contribution is -2.14. The fourth-order valence-electron chi connectivity index (χ4n) is 2.72. The van der Waals surface area contributed by atoms with Crippen molar-refractivity contribution in [3.05, 3.63) is 64.7 Å². The summed E-state index contributed by atoms with van der Waals surface area (Å²) in [6.45, 7) is 0. The van der Waals surface area contributed by atoms with E-state index >= 15 is 0 Å². The Balaban J connectivity index is 1.80. The molecule has 1 aliphatic heterocycles. The number of amides is 1. The van der Waals surface area contributed by atoms with Gasteiger partial charge in [-0.05, 0) is 35.9 Å². The standard InChI is InChI=1S/C20H19NO5S2/c1-25-18(23)14-9-15(19(24)26-2)11-16(10-14)21-17(22)12-3-5-13(6-4-12)20-27-7-8-28-20/h3-6,9-11,20H,7-8H2,1-2H3,(H,21,22). The van der Waals surface area contributed by atoms with Gasteiger partial charge in [0.15, 0.2) is 0 Å². The van der Waals surface area contributed by atoms with Gasteiger partial charge in [-0.15, -0.1) is 23.5 Å². The number of rotatable bonds is 5. The van der Waals surface area contributed by atoms with E-state index in [1.54, 1.807) is 12.1 Å². The second-order valence-corrected chi connectivity index (χ2v) is 8.66. The van der Waals surface area contributed by atoms with Crippen LogP contribution in [0.4, 0.5) is 5.69 Å². The van der Waals surface area contributed by atoms with E-state index < -0.39 is 11.9 Å². The molecule has 0 aliphatic carbocycles. The molecule has 8 heteroatoms. The molecule has 0 saturated carbocycles. The number of carbonyl (C=O) groups excluding carboxylic acids is 3. The first-order chi connectivity index (χ1) is 13.5. The lowest BCUT2D eigenvalue weighted by molar-refractivity contribution is 0.0599. The molecule has 1 amide bonds. The monoisotopic (exact) mass is 417 g/mol. The number of methoxy groups -OCH3 is 2. The largest absolute Gasteiger partial charge is 0.465 e. The molecule has 0 spiro atoms. The first-order valence-corrected chi connectivity index (χ1v) is 10.6. The molecule has 0 aromatic heterocycles. The fraction of sp³-hybridized carbons (Fsp3) is 0.250. The van der Waals surface area contributed by atoms with E-state index in [-0.39, 0.29) is 17.0 Å². The quantitative estimate of drug-likeness (QED) is 0.737. The van der Waals surface area contributed by atoms with Crippen LogP contribution in [0.2, 0.25) is 0 Å². The molecule has 1 saturated heterocycles. The van der Waals surface area contributed by atoms with E-state index in [0.717, 1.165) is 11.5 Å². The number of ether oxygens (including phenoxy) is 2. The second kappa shape index (κ2) is 9.16. The molecule has 28 heavy (non-hydrogen) atoms. The minimum absolute atomic E-state index is 0.145. The van der Waals surface area contributed by atoms with Gasteiger partial charge in [0.05, 0.1) is 29.9 Å². The Morgan fingerprint density at radius 3 is 1.89 bits per heavy atom. The number of thioether (sulfide) groups is 2. The van der Waals surface area contributed by atoms with Gasteiger partial charge in [-0.1, -0.05) is 12.1 Å². The maximum absolute atomic E-state index is 12.6. The van der Waals surface area contributed by atoms with Gasteiger partial charge in [-0.3, -0.25) is 4.79 Å². The van der Waals surface area contributed by atoms with Gasteiger partial charge >= 0.3 is 11.9 Å². The average Bonchev–Trinajstić information content (AvgIpc) is 3.27. The maximum atomic E-state index is 12.6. The smallest absolute Gasteiger partial charge is 0.337 e. The van der Waals surface area contributed by atoms with Crippen molar-refractivity contribution in [2.24, 2.45) is 0 Å². The Labute approximate surface area is 171 Å². The highest BCUT2D eigenvalue weighted by atomic mass is 32.2. The van der Waals surface area contributed by atoms with Crippen molar-refractivity contribution in [1.29, 1.82) is 0 Å². The molecule has 3 rings (SSSR count). The van der Waals surface area contributed by atoms with Crippen molar-refractivity contribution in [1.82, 2.24) is 0 Å². The highest BCUT2D eigenvalue weighted by molar-refractivity contribution is 8.19. The molecule has 1 aliphatic rings. The van der Waals surface area contributed by atoms with Crippen molar-refractivity contribution < 1.29 is 23.9 Å². The number of anilines is 1. The summed E-state index contributed by atoms with van der Waals surface area (Å²) in [7, 11) is 2.49. The summed E-state index contributed by atoms with van der Waals surface area (Å²) in [6.07, 6.45) is 0. The van der Waals surface area contributed by atoms with Gasteiger partial charge < -0.3 is 14.8 Å². The molecule has 2 aromatic carbocycles. The Morgan fingerprint density at radius 2 is 1.39 bits per heavy atom. The van der Waals surface area contributed by atoms with Crippen LogP contribution in [0.1, 0.15) is 41.2 Å². The predicted octanol–water partition coefficient (Wildman–Crippen LogP) is 3.99. The number of hydrogen-bond acceptors (Lipinski definition) is 7. The van der Waals surface area contributed by atoms with Gasteiger partial charge in [-0.25, -0.2) is 9.59 Å². The summed E-state index contributed by atoms with van der Waals surface area (Å²) in [5, 5.41) is 2.72. The zero-order valence-corrected chi connectivity index (χ0v) is 17.0. The summed E-state index contributed by atoms with van der Waals surface area (Å²) in [5.41, 5.74) is 2.27. The molecule has 1 N–H and O–H groups in total. The third-order valence-corrected chi connectivity index (χ3v) is 7.20. The Morgan fingerprint density at radius 1 is 0.857 bits per heavy atom. The van der Waals surface area contributed by atoms with Gasteiger partial charge in [0.2, 0.25) is 0 Å². The Bertz CT molecular complexity index is 858. The van der Waals surface area contributed by atoms with E-state index in [0.29, 0.717) is 15.8 Å². The molecular weight excluding hydrogens is 398 g/mol. The number of nitrogens with one attached hydrogen (secondary N) is 1. The van der Waals surface area contributed by atoms with Crippen LogP contribution in [0.3, 0.4) is 0 Å². The molecular formula is C20H19NO5S2. The van der Waals surface area contributed by atoms with Crippen molar-refractivity contribution in [2.75, 3.05) is 31.0 Å². The predicted molar refractivity (Wildman–Crippen MR) is 111 cm³/mol. The third kappa shape index (κ3) is 4.69. The van der Waals surface area contributed by atoms with E-state index in [2.05, 4.69) is 5.32 Å². The third-order valence-electron chi connectivity index (χ3n) is 4.10. The lowest BCUT2D eigenvalue weighted by Gasteiger charge is -2.11. The summed E-state index contributed by atoms with van der Waals surface area (Å²) < 4.78 is 9.82. The average molecular weight is 418 g/mol. The zero-order valence-electron chi connectivity index (χ0n) is 15.4. The van der Waals surface area contributed by atoms with Crippen LogP contribution in [-0.4, -0.2) is 43.6 Å². The van der Waals surface area contributed by atoms with Crippen LogP contribution >= 0.6 is 23.5 Å². The number of carbonyl (C=O) groups is 3. The lowest BCUT2D eigenvalue weighted by atomic mass is 10.1. The highest BCUT2D eigenvalue weighted by Crippen LogP contribution is 2.45. The summed E-state index contributed by atoms with van der Waals surface area (Å²) in [6, 6.07) is 11.7. The Hall–Kier alpha value is -2.45. The SMILES string of the molecule is COC(=O)c1cc(NC(=O)c2ccc(C3SCCS3)cc2)cc(C(=O)OC)c1. The summed E-state index contributed by atoms with van der Waals surface area (Å²) in [4.78, 5) is 36.3. The molecule has 6 nitrogen and oxygen atoms in total. The van der Waals surface area contributed by atoms with E-state index in [1.165, 1.54) is 38.0 Å². The Kier molecular flexibility index (Phi) is 6.64. The maximum Gasteiger partial charge on any atom is 0.337 e. The van der Waals surface area contributed by atoms with E-state index in [4.69, 9.17) is 9.47 Å². The summed E-state index contributed by atoms with van der Waals surface area (Å²) in [5.74, 6) is 0.707. The molecule has 0 radical (unpaired) electrons. The molecule has 2 aromatic rings. The van der Waals surface area contributed by atoms with Crippen molar-refractivity contribution >= 4 is 47.1 Å². The van der Waals surface area contributed by atoms with Crippen LogP contribution in [-0.2, 0) is 9.47 Å². The van der Waals surface area contributed by atoms with Gasteiger partial charge in [-0.2, -0.15) is 0 Å². The van der Waals surface area contributed by atoms with Crippen LogP contribution in [0.25, 0.3) is 0 Å². The van der Waals surface area contributed by atoms with E-state index in [1.807, 2.05) is 35.7 Å². The first-order valence-electron chi connectivity index (χ1n) is 8.48. The van der Waals surface area contributed by atoms with Crippen molar-refractivity contribution in [3.63, 3.8) is 0 Å². The van der Waals surface area contributed by atoms with Crippen LogP contribution in [0.5, 0.6) is 0 Å². The first kappa shape index (κ1) is 20.3. The fourth-order valence-corrected chi connectivity index (χ4v) is 5.58. The van der Waals surface area contributed by atoms with Gasteiger partial charge in [0, 0.05) is 22.8 Å². The number of hydrogen-bond donors (Lipinski definition) is 1. The number of esters is 2. The van der Waals surface area contributed by atoms with Crippen molar-refractivity contribution in [2.45, 2.75) is 4.58 Å². The minimum atomic E-state index is -0.614. The number of benzene rings is 2. The molecule has 1 fully saturated rings. The molecule has 146 valence electrons. The van der Waals surface area contributed by atoms with Crippen LogP contribution < -0.4 is 5.32 Å². The molecule has 0 atom stereocenters. The van der Waals surface area contributed by atoms with E-state index in [9.17, 15) is 14.4 Å². The molecule has 1 heterocycles. The minimum Gasteiger partial charge on any atom is -0.465 e. The van der Waals surface area contributed by atoms with Crippen molar-refractivity contribution in [3.8, 4) is 0 Å². The van der Waals surface area contributed by atoms with Gasteiger partial charge in [0.1, 0.15) is 0 Å². The molecule has 0 bridgehead atoms.